The lowest BCUT2D eigenvalue weighted by molar-refractivity contribution is -0.124. The first-order valence-corrected chi connectivity index (χ1v) is 4.49. The fraction of sp³-hybridized carbons (Fsp3) is 0.300. The van der Waals surface area contributed by atoms with Crippen LogP contribution in [0.1, 0.15) is 12.5 Å². The van der Waals surface area contributed by atoms with Crippen LogP contribution in [0.5, 0.6) is 5.75 Å². The van der Waals surface area contributed by atoms with E-state index in [1.807, 2.05) is 0 Å². The zero-order valence-electron chi connectivity index (χ0n) is 8.37. The van der Waals surface area contributed by atoms with Gasteiger partial charge in [-0.1, -0.05) is 0 Å². The molecule has 1 aromatic rings. The molecule has 1 atom stereocenters. The van der Waals surface area contributed by atoms with Crippen LogP contribution in [-0.2, 0) is 11.3 Å². The molecule has 0 spiro atoms. The Morgan fingerprint density at radius 3 is 2.80 bits per heavy atom. The van der Waals surface area contributed by atoms with Crippen LogP contribution in [0.2, 0.25) is 0 Å². The zero-order chi connectivity index (χ0) is 11.4. The second-order valence-electron chi connectivity index (χ2n) is 3.12. The van der Waals surface area contributed by atoms with Crippen molar-refractivity contribution in [3.8, 4) is 5.75 Å². The normalized spacial score (nSPS) is 12.2. The maximum Gasteiger partial charge on any atom is 0.258 e. The molecule has 0 aliphatic carbocycles. The third-order valence-corrected chi connectivity index (χ3v) is 1.95. The zero-order valence-corrected chi connectivity index (χ0v) is 8.37. The molecule has 0 aliphatic rings. The molecule has 0 aromatic heterocycles. The molecule has 0 fully saturated rings. The van der Waals surface area contributed by atoms with Crippen LogP contribution in [0.4, 0.5) is 4.39 Å². The number of rotatable bonds is 4. The number of primary amides is 1. The van der Waals surface area contributed by atoms with Crippen LogP contribution < -0.4 is 16.2 Å². The van der Waals surface area contributed by atoms with Crippen LogP contribution >= 0.6 is 0 Å². The molecule has 5 heteroatoms. The molecule has 0 aliphatic heterocycles. The highest BCUT2D eigenvalue weighted by Gasteiger charge is 2.12. The van der Waals surface area contributed by atoms with Crippen molar-refractivity contribution < 1.29 is 13.9 Å². The molecule has 0 saturated heterocycles. The summed E-state index contributed by atoms with van der Waals surface area (Å²) >= 11 is 0. The van der Waals surface area contributed by atoms with Crippen LogP contribution in [-0.4, -0.2) is 12.0 Å². The Morgan fingerprint density at radius 1 is 1.60 bits per heavy atom. The Morgan fingerprint density at radius 2 is 2.27 bits per heavy atom. The number of halogens is 1. The first-order valence-electron chi connectivity index (χ1n) is 4.49. The van der Waals surface area contributed by atoms with Crippen molar-refractivity contribution in [1.82, 2.24) is 0 Å². The first-order chi connectivity index (χ1) is 7.04. The minimum atomic E-state index is -0.763. The van der Waals surface area contributed by atoms with Gasteiger partial charge in [0.1, 0.15) is 11.6 Å². The van der Waals surface area contributed by atoms with Crippen molar-refractivity contribution in [2.24, 2.45) is 11.5 Å². The number of ether oxygens (including phenoxy) is 1. The molecule has 0 radical (unpaired) electrons. The topological polar surface area (TPSA) is 78.3 Å². The molecule has 4 nitrogen and oxygen atoms in total. The van der Waals surface area contributed by atoms with Gasteiger partial charge < -0.3 is 16.2 Å². The van der Waals surface area contributed by atoms with E-state index in [0.717, 1.165) is 0 Å². The summed E-state index contributed by atoms with van der Waals surface area (Å²) < 4.78 is 18.1. The third kappa shape index (κ3) is 2.92. The third-order valence-electron chi connectivity index (χ3n) is 1.95. The summed E-state index contributed by atoms with van der Waals surface area (Å²) in [6.07, 6.45) is -0.763. The number of carbonyl (C=O) groups is 1. The van der Waals surface area contributed by atoms with Gasteiger partial charge in [0, 0.05) is 12.1 Å². The van der Waals surface area contributed by atoms with E-state index in [4.69, 9.17) is 16.2 Å². The number of hydrogen-bond acceptors (Lipinski definition) is 3. The molecular formula is C10H13FN2O2. The minimum Gasteiger partial charge on any atom is -0.481 e. The highest BCUT2D eigenvalue weighted by Crippen LogP contribution is 2.20. The monoisotopic (exact) mass is 212 g/mol. The molecule has 1 aromatic carbocycles. The van der Waals surface area contributed by atoms with Crippen molar-refractivity contribution in [3.63, 3.8) is 0 Å². The summed E-state index contributed by atoms with van der Waals surface area (Å²) in [4.78, 5) is 10.8. The van der Waals surface area contributed by atoms with Gasteiger partial charge in [0.15, 0.2) is 6.10 Å². The molecule has 1 amide bonds. The van der Waals surface area contributed by atoms with Gasteiger partial charge in [0.25, 0.3) is 5.91 Å². The molecule has 15 heavy (non-hydrogen) atoms. The van der Waals surface area contributed by atoms with Crippen LogP contribution in [0.3, 0.4) is 0 Å². The number of amides is 1. The summed E-state index contributed by atoms with van der Waals surface area (Å²) in [5.41, 5.74) is 10.9. The van der Waals surface area contributed by atoms with Gasteiger partial charge in [0.2, 0.25) is 0 Å². The smallest absolute Gasteiger partial charge is 0.258 e. The predicted molar refractivity (Wildman–Crippen MR) is 53.6 cm³/mol. The van der Waals surface area contributed by atoms with Gasteiger partial charge in [-0.2, -0.15) is 0 Å². The van der Waals surface area contributed by atoms with Gasteiger partial charge in [-0.05, 0) is 25.1 Å². The van der Waals surface area contributed by atoms with E-state index >= 15 is 0 Å². The fourth-order valence-corrected chi connectivity index (χ4v) is 1.07. The van der Waals surface area contributed by atoms with E-state index in [1.54, 1.807) is 0 Å². The summed E-state index contributed by atoms with van der Waals surface area (Å²) in [7, 11) is 0. The van der Waals surface area contributed by atoms with E-state index < -0.39 is 17.8 Å². The van der Waals surface area contributed by atoms with E-state index in [2.05, 4.69) is 0 Å². The Bertz CT molecular complexity index is 368. The maximum absolute atomic E-state index is 12.8. The Labute approximate surface area is 87.0 Å². The number of hydrogen-bond donors (Lipinski definition) is 2. The quantitative estimate of drug-likeness (QED) is 0.764. The minimum absolute atomic E-state index is 0.137. The molecule has 0 bridgehead atoms. The fourth-order valence-electron chi connectivity index (χ4n) is 1.07. The highest BCUT2D eigenvalue weighted by atomic mass is 19.1. The summed E-state index contributed by atoms with van der Waals surface area (Å²) in [6.45, 7) is 1.66. The number of nitrogens with two attached hydrogens (primary N) is 2. The average Bonchev–Trinajstić information content (AvgIpc) is 2.20. The molecule has 82 valence electrons. The van der Waals surface area contributed by atoms with Gasteiger partial charge >= 0.3 is 0 Å². The average molecular weight is 212 g/mol. The van der Waals surface area contributed by atoms with Crippen molar-refractivity contribution in [3.05, 3.63) is 29.6 Å². The van der Waals surface area contributed by atoms with E-state index in [1.165, 1.54) is 25.1 Å². The Balaban J connectivity index is 2.89. The van der Waals surface area contributed by atoms with E-state index in [0.29, 0.717) is 11.3 Å². The summed E-state index contributed by atoms with van der Waals surface area (Å²) in [5, 5.41) is 0. The van der Waals surface area contributed by atoms with Crippen molar-refractivity contribution in [2.75, 3.05) is 0 Å². The van der Waals surface area contributed by atoms with Gasteiger partial charge in [0.05, 0.1) is 0 Å². The second-order valence-corrected chi connectivity index (χ2v) is 3.12. The lowest BCUT2D eigenvalue weighted by Gasteiger charge is -2.14. The largest absolute Gasteiger partial charge is 0.481 e. The number of benzene rings is 1. The van der Waals surface area contributed by atoms with Crippen molar-refractivity contribution >= 4 is 5.91 Å². The standard InChI is InChI=1S/C10H13FN2O2/c1-6(10(13)14)15-9-3-2-8(11)4-7(9)5-12/h2-4,6H,5,12H2,1H3,(H2,13,14). The van der Waals surface area contributed by atoms with Crippen LogP contribution in [0, 0.1) is 5.82 Å². The van der Waals surface area contributed by atoms with E-state index in [9.17, 15) is 9.18 Å². The summed E-state index contributed by atoms with van der Waals surface area (Å²) in [6, 6.07) is 3.93. The Kier molecular flexibility index (Phi) is 3.62. The van der Waals surface area contributed by atoms with Crippen LogP contribution in [0.15, 0.2) is 18.2 Å². The maximum atomic E-state index is 12.8. The van der Waals surface area contributed by atoms with Gasteiger partial charge in [-0.15, -0.1) is 0 Å². The summed E-state index contributed by atoms with van der Waals surface area (Å²) in [5.74, 6) is -0.595. The molecule has 0 heterocycles. The molecule has 0 saturated carbocycles. The number of carbonyl (C=O) groups excluding carboxylic acids is 1. The molecule has 4 N–H and O–H groups in total. The van der Waals surface area contributed by atoms with Crippen LogP contribution in [0.25, 0.3) is 0 Å². The first kappa shape index (κ1) is 11.5. The predicted octanol–water partition coefficient (Wildman–Crippen LogP) is 0.537. The SMILES string of the molecule is CC(Oc1ccc(F)cc1CN)C(N)=O. The lowest BCUT2D eigenvalue weighted by Crippen LogP contribution is -2.31. The van der Waals surface area contributed by atoms with E-state index in [-0.39, 0.29) is 6.54 Å². The van der Waals surface area contributed by atoms with Crippen molar-refractivity contribution in [1.29, 1.82) is 0 Å². The van der Waals surface area contributed by atoms with Crippen molar-refractivity contribution in [2.45, 2.75) is 19.6 Å². The van der Waals surface area contributed by atoms with Gasteiger partial charge in [-0.3, -0.25) is 4.79 Å². The van der Waals surface area contributed by atoms with Gasteiger partial charge in [-0.25, -0.2) is 4.39 Å². The molecule has 1 rings (SSSR count). The highest BCUT2D eigenvalue weighted by molar-refractivity contribution is 5.78. The molecular weight excluding hydrogens is 199 g/mol. The Hall–Kier alpha value is -1.62. The second kappa shape index (κ2) is 4.75. The lowest BCUT2D eigenvalue weighted by atomic mass is 10.2. The molecule has 1 unspecified atom stereocenters.